The Balaban J connectivity index is 1.99. The van der Waals surface area contributed by atoms with E-state index in [0.717, 1.165) is 12.8 Å². The van der Waals surface area contributed by atoms with E-state index in [-0.39, 0.29) is 35.6 Å². The number of hydrogen-bond acceptors (Lipinski definition) is 5. The first-order valence-electron chi connectivity index (χ1n) is 5.58. The van der Waals surface area contributed by atoms with Crippen molar-refractivity contribution in [3.63, 3.8) is 0 Å². The first-order chi connectivity index (χ1) is 8.56. The minimum absolute atomic E-state index is 0.00625. The van der Waals surface area contributed by atoms with E-state index in [9.17, 15) is 9.59 Å². The molecule has 1 aliphatic rings. The second kappa shape index (κ2) is 4.91. The van der Waals surface area contributed by atoms with E-state index < -0.39 is 5.97 Å². The third-order valence-electron chi connectivity index (χ3n) is 2.50. The molecular weight excluding hydrogens is 236 g/mol. The van der Waals surface area contributed by atoms with Gasteiger partial charge in [-0.25, -0.2) is 9.78 Å². The molecule has 0 aliphatic heterocycles. The molecule has 0 spiro atoms. The number of carbonyl (C=O) groups is 2. The molecule has 1 amide bonds. The van der Waals surface area contributed by atoms with Crippen molar-refractivity contribution >= 4 is 23.4 Å². The van der Waals surface area contributed by atoms with E-state index >= 15 is 0 Å². The van der Waals surface area contributed by atoms with Gasteiger partial charge in [-0.2, -0.15) is 0 Å². The Morgan fingerprint density at radius 2 is 2.22 bits per heavy atom. The van der Waals surface area contributed by atoms with Gasteiger partial charge in [-0.05, 0) is 18.9 Å². The van der Waals surface area contributed by atoms with Crippen molar-refractivity contribution in [3.05, 3.63) is 17.8 Å². The number of nitrogen functional groups attached to an aromatic ring is 1. The normalized spacial score (nSPS) is 14.0. The maximum atomic E-state index is 11.4. The molecule has 7 heteroatoms. The number of pyridine rings is 1. The molecule has 2 rings (SSSR count). The molecule has 7 nitrogen and oxygen atoms in total. The van der Waals surface area contributed by atoms with E-state index in [0.29, 0.717) is 0 Å². The molecular formula is C11H14N4O3. The first kappa shape index (κ1) is 12.2. The average Bonchev–Trinajstić information content (AvgIpc) is 3.11. The standard InChI is InChI=1S/C11H14N4O3/c12-6-3-8(11(17)18)10(13-4-6)14-5-9(16)15-7-1-2-7/h3-4,7H,1-2,5,12H2,(H,13,14)(H,15,16)(H,17,18). The Morgan fingerprint density at radius 1 is 1.50 bits per heavy atom. The summed E-state index contributed by atoms with van der Waals surface area (Å²) in [5.74, 6) is -1.17. The van der Waals surface area contributed by atoms with E-state index in [1.807, 2.05) is 0 Å². The van der Waals surface area contributed by atoms with Crippen molar-refractivity contribution < 1.29 is 14.7 Å². The molecule has 5 N–H and O–H groups in total. The van der Waals surface area contributed by atoms with Gasteiger partial charge >= 0.3 is 5.97 Å². The Labute approximate surface area is 103 Å². The molecule has 0 radical (unpaired) electrons. The van der Waals surface area contributed by atoms with E-state index in [1.165, 1.54) is 12.3 Å². The van der Waals surface area contributed by atoms with Crippen molar-refractivity contribution in [2.24, 2.45) is 0 Å². The Morgan fingerprint density at radius 3 is 2.83 bits per heavy atom. The number of aromatic nitrogens is 1. The van der Waals surface area contributed by atoms with Crippen LogP contribution in [0, 0.1) is 0 Å². The fraction of sp³-hybridized carbons (Fsp3) is 0.364. The summed E-state index contributed by atoms with van der Waals surface area (Å²) >= 11 is 0. The topological polar surface area (TPSA) is 117 Å². The third-order valence-corrected chi connectivity index (χ3v) is 2.50. The Kier molecular flexibility index (Phi) is 3.31. The lowest BCUT2D eigenvalue weighted by molar-refractivity contribution is -0.119. The van der Waals surface area contributed by atoms with Crippen molar-refractivity contribution in [2.75, 3.05) is 17.6 Å². The molecule has 0 unspecified atom stereocenters. The molecule has 1 aliphatic carbocycles. The number of amides is 1. The van der Waals surface area contributed by atoms with Crippen LogP contribution in [0.15, 0.2) is 12.3 Å². The lowest BCUT2D eigenvalue weighted by Gasteiger charge is -2.09. The Hall–Kier alpha value is -2.31. The first-order valence-corrected chi connectivity index (χ1v) is 5.58. The van der Waals surface area contributed by atoms with E-state index in [2.05, 4.69) is 15.6 Å². The molecule has 18 heavy (non-hydrogen) atoms. The van der Waals surface area contributed by atoms with Crippen LogP contribution >= 0.6 is 0 Å². The van der Waals surface area contributed by atoms with Crippen molar-refractivity contribution in [1.82, 2.24) is 10.3 Å². The number of nitrogens with two attached hydrogens (primary N) is 1. The van der Waals surface area contributed by atoms with Crippen LogP contribution in [-0.4, -0.2) is 34.6 Å². The largest absolute Gasteiger partial charge is 0.478 e. The van der Waals surface area contributed by atoms with Crippen molar-refractivity contribution in [1.29, 1.82) is 0 Å². The molecule has 0 atom stereocenters. The zero-order valence-electron chi connectivity index (χ0n) is 9.64. The lowest BCUT2D eigenvalue weighted by Crippen LogP contribution is -2.31. The average molecular weight is 250 g/mol. The molecule has 0 bridgehead atoms. The second-order valence-corrected chi connectivity index (χ2v) is 4.17. The summed E-state index contributed by atoms with van der Waals surface area (Å²) in [6.07, 6.45) is 3.35. The SMILES string of the molecule is Nc1cnc(NCC(=O)NC2CC2)c(C(=O)O)c1. The van der Waals surface area contributed by atoms with Gasteiger partial charge in [0, 0.05) is 6.04 Å². The highest BCUT2D eigenvalue weighted by Crippen LogP contribution is 2.18. The lowest BCUT2D eigenvalue weighted by atomic mass is 10.2. The fourth-order valence-corrected chi connectivity index (χ4v) is 1.46. The molecule has 96 valence electrons. The maximum absolute atomic E-state index is 11.4. The van der Waals surface area contributed by atoms with Gasteiger partial charge in [-0.1, -0.05) is 0 Å². The highest BCUT2D eigenvalue weighted by Gasteiger charge is 2.23. The second-order valence-electron chi connectivity index (χ2n) is 4.17. The van der Waals surface area contributed by atoms with E-state index in [1.54, 1.807) is 0 Å². The quantitative estimate of drug-likeness (QED) is 0.586. The number of carbonyl (C=O) groups excluding carboxylic acids is 1. The van der Waals surface area contributed by atoms with Crippen LogP contribution < -0.4 is 16.4 Å². The van der Waals surface area contributed by atoms with Crippen LogP contribution in [0.25, 0.3) is 0 Å². The summed E-state index contributed by atoms with van der Waals surface area (Å²) in [5, 5.41) is 14.5. The number of hydrogen-bond donors (Lipinski definition) is 4. The summed E-state index contributed by atoms with van der Waals surface area (Å²) in [6.45, 7) is -0.00625. The number of nitrogens with zero attached hydrogens (tertiary/aromatic N) is 1. The van der Waals surface area contributed by atoms with Crippen molar-refractivity contribution in [2.45, 2.75) is 18.9 Å². The summed E-state index contributed by atoms with van der Waals surface area (Å²) in [4.78, 5) is 26.3. The minimum atomic E-state index is -1.14. The number of carboxylic acids is 1. The molecule has 0 aromatic carbocycles. The summed E-state index contributed by atoms with van der Waals surface area (Å²) in [6, 6.07) is 1.58. The number of anilines is 2. The highest BCUT2D eigenvalue weighted by atomic mass is 16.4. The summed E-state index contributed by atoms with van der Waals surface area (Å²) in [5.41, 5.74) is 5.68. The van der Waals surface area contributed by atoms with Gasteiger partial charge in [0.2, 0.25) is 5.91 Å². The zero-order valence-corrected chi connectivity index (χ0v) is 9.64. The molecule has 1 fully saturated rings. The predicted molar refractivity (Wildman–Crippen MR) is 65.3 cm³/mol. The smallest absolute Gasteiger partial charge is 0.339 e. The fourth-order valence-electron chi connectivity index (χ4n) is 1.46. The van der Waals surface area contributed by atoms with Crippen LogP contribution in [0.5, 0.6) is 0 Å². The Bertz CT molecular complexity index is 485. The van der Waals surface area contributed by atoms with Crippen molar-refractivity contribution in [3.8, 4) is 0 Å². The van der Waals surface area contributed by atoms with Gasteiger partial charge in [0.15, 0.2) is 0 Å². The van der Waals surface area contributed by atoms with E-state index in [4.69, 9.17) is 10.8 Å². The van der Waals surface area contributed by atoms with Gasteiger partial charge in [-0.3, -0.25) is 4.79 Å². The van der Waals surface area contributed by atoms with Gasteiger partial charge in [-0.15, -0.1) is 0 Å². The van der Waals surface area contributed by atoms with Crippen LogP contribution in [0.2, 0.25) is 0 Å². The van der Waals surface area contributed by atoms with Gasteiger partial charge < -0.3 is 21.5 Å². The summed E-state index contributed by atoms with van der Waals surface area (Å²) in [7, 11) is 0. The van der Waals surface area contributed by atoms with Crippen LogP contribution in [0.3, 0.4) is 0 Å². The third kappa shape index (κ3) is 3.09. The highest BCUT2D eigenvalue weighted by molar-refractivity contribution is 5.94. The van der Waals surface area contributed by atoms with Crippen LogP contribution in [-0.2, 0) is 4.79 Å². The van der Waals surface area contributed by atoms with Gasteiger partial charge in [0.05, 0.1) is 18.4 Å². The van der Waals surface area contributed by atoms with Crippen LogP contribution in [0.4, 0.5) is 11.5 Å². The zero-order chi connectivity index (χ0) is 13.1. The minimum Gasteiger partial charge on any atom is -0.478 e. The maximum Gasteiger partial charge on any atom is 0.339 e. The number of aromatic carboxylic acids is 1. The summed E-state index contributed by atoms with van der Waals surface area (Å²) < 4.78 is 0. The molecule has 1 aromatic rings. The van der Waals surface area contributed by atoms with Gasteiger partial charge in [0.25, 0.3) is 0 Å². The number of nitrogens with one attached hydrogen (secondary N) is 2. The monoisotopic (exact) mass is 250 g/mol. The van der Waals surface area contributed by atoms with Crippen LogP contribution in [0.1, 0.15) is 23.2 Å². The van der Waals surface area contributed by atoms with Gasteiger partial charge in [0.1, 0.15) is 11.4 Å². The number of carboxylic acid groups (broad SMARTS) is 1. The molecule has 1 aromatic heterocycles. The molecule has 0 saturated heterocycles. The molecule has 1 saturated carbocycles. The molecule has 1 heterocycles. The predicted octanol–water partition coefficient (Wildman–Crippen LogP) is 0.0525. The number of rotatable bonds is 5.